The molecule has 6 nitrogen and oxygen atoms in total. The maximum Gasteiger partial charge on any atom is 0.162 e. The van der Waals surface area contributed by atoms with E-state index in [-0.39, 0.29) is 30.2 Å². The standard InChI is InChI=1S/C23H29N3O3/c1-16(2)21(27)11-13-26(14-12-22(28)17(3)4)25-24-20-9-7-19(8-10-20)15-23(29)18(5)6/h7-10H,1,3,5,11-15H2,2,4,6H3. The smallest absolute Gasteiger partial charge is 0.162 e. The highest BCUT2D eigenvalue weighted by Gasteiger charge is 2.11. The Morgan fingerprint density at radius 1 is 0.793 bits per heavy atom. The molecule has 1 aromatic rings. The first kappa shape index (κ1) is 23.9. The van der Waals surface area contributed by atoms with Gasteiger partial charge in [0, 0.05) is 32.4 Å². The van der Waals surface area contributed by atoms with E-state index in [1.54, 1.807) is 37.9 Å². The first-order valence-corrected chi connectivity index (χ1v) is 9.41. The molecular formula is C23H29N3O3. The monoisotopic (exact) mass is 395 g/mol. The molecule has 1 aromatic carbocycles. The average molecular weight is 396 g/mol. The predicted octanol–water partition coefficient (Wildman–Crippen LogP) is 4.75. The molecule has 0 bridgehead atoms. The van der Waals surface area contributed by atoms with Crippen molar-refractivity contribution in [3.63, 3.8) is 0 Å². The number of carbonyl (C=O) groups is 3. The van der Waals surface area contributed by atoms with Gasteiger partial charge in [-0.3, -0.25) is 19.4 Å². The minimum absolute atomic E-state index is 0.00471. The predicted molar refractivity (Wildman–Crippen MR) is 115 cm³/mol. The third-order valence-corrected chi connectivity index (χ3v) is 4.21. The molecule has 0 aliphatic rings. The van der Waals surface area contributed by atoms with Crippen LogP contribution in [0.5, 0.6) is 0 Å². The molecule has 1 rings (SSSR count). The Hall–Kier alpha value is -3.15. The summed E-state index contributed by atoms with van der Waals surface area (Å²) in [6, 6.07) is 7.16. The van der Waals surface area contributed by atoms with E-state index in [4.69, 9.17) is 0 Å². The Labute approximate surface area is 172 Å². The second kappa shape index (κ2) is 11.6. The van der Waals surface area contributed by atoms with E-state index in [0.717, 1.165) is 5.56 Å². The average Bonchev–Trinajstić information content (AvgIpc) is 2.67. The van der Waals surface area contributed by atoms with Gasteiger partial charge < -0.3 is 0 Å². The van der Waals surface area contributed by atoms with Crippen molar-refractivity contribution >= 4 is 23.0 Å². The van der Waals surface area contributed by atoms with E-state index in [1.165, 1.54) is 0 Å². The van der Waals surface area contributed by atoms with Crippen molar-refractivity contribution in [2.24, 2.45) is 10.3 Å². The number of Topliss-reactive ketones (excluding diaryl/α,β-unsaturated/α-hetero) is 3. The van der Waals surface area contributed by atoms with E-state index >= 15 is 0 Å². The Kier molecular flexibility index (Phi) is 9.59. The van der Waals surface area contributed by atoms with Crippen molar-refractivity contribution in [2.75, 3.05) is 13.1 Å². The van der Waals surface area contributed by atoms with Crippen LogP contribution in [0.2, 0.25) is 0 Å². The van der Waals surface area contributed by atoms with E-state index in [9.17, 15) is 14.4 Å². The highest BCUT2D eigenvalue weighted by Crippen LogP contribution is 2.16. The second-order valence-corrected chi connectivity index (χ2v) is 7.10. The van der Waals surface area contributed by atoms with E-state index in [2.05, 4.69) is 30.1 Å². The van der Waals surface area contributed by atoms with Crippen LogP contribution in [0.3, 0.4) is 0 Å². The number of allylic oxidation sites excluding steroid dienone is 3. The number of carbonyl (C=O) groups excluding carboxylic acids is 3. The molecule has 0 unspecified atom stereocenters. The fourth-order valence-corrected chi connectivity index (χ4v) is 2.22. The van der Waals surface area contributed by atoms with Gasteiger partial charge in [-0.2, -0.15) is 0 Å². The quantitative estimate of drug-likeness (QED) is 0.274. The molecule has 6 heteroatoms. The van der Waals surface area contributed by atoms with Gasteiger partial charge in [0.05, 0.1) is 5.69 Å². The maximum atomic E-state index is 11.8. The van der Waals surface area contributed by atoms with Gasteiger partial charge in [0.15, 0.2) is 17.3 Å². The van der Waals surface area contributed by atoms with Crippen LogP contribution in [0, 0.1) is 0 Å². The molecule has 0 radical (unpaired) electrons. The van der Waals surface area contributed by atoms with Gasteiger partial charge in [-0.05, 0) is 55.2 Å². The topological polar surface area (TPSA) is 79.2 Å². The maximum absolute atomic E-state index is 11.8. The molecule has 0 aliphatic heterocycles. The fourth-order valence-electron chi connectivity index (χ4n) is 2.22. The van der Waals surface area contributed by atoms with Crippen LogP contribution in [-0.4, -0.2) is 35.4 Å². The minimum Gasteiger partial charge on any atom is -0.295 e. The minimum atomic E-state index is -0.0528. The molecule has 0 atom stereocenters. The first-order valence-electron chi connectivity index (χ1n) is 9.41. The van der Waals surface area contributed by atoms with Crippen molar-refractivity contribution in [3.05, 3.63) is 66.3 Å². The summed E-state index contributed by atoms with van der Waals surface area (Å²) in [6.07, 6.45) is 0.792. The Morgan fingerprint density at radius 3 is 1.66 bits per heavy atom. The summed E-state index contributed by atoms with van der Waals surface area (Å²) in [7, 11) is 0. The third-order valence-electron chi connectivity index (χ3n) is 4.21. The third kappa shape index (κ3) is 9.06. The Balaban J connectivity index is 2.80. The van der Waals surface area contributed by atoms with E-state index in [0.29, 0.717) is 41.9 Å². The number of ketones is 3. The number of rotatable bonds is 13. The lowest BCUT2D eigenvalue weighted by atomic mass is 10.1. The Bertz CT molecular complexity index is 805. The van der Waals surface area contributed by atoms with Crippen molar-refractivity contribution in [3.8, 4) is 0 Å². The molecule has 0 amide bonds. The zero-order valence-electron chi connectivity index (χ0n) is 17.5. The lowest BCUT2D eigenvalue weighted by Gasteiger charge is -2.17. The van der Waals surface area contributed by atoms with Gasteiger partial charge >= 0.3 is 0 Å². The molecule has 0 heterocycles. The number of hydrogen-bond donors (Lipinski definition) is 0. The number of nitrogens with zero attached hydrogens (tertiary/aromatic N) is 3. The van der Waals surface area contributed by atoms with Crippen LogP contribution < -0.4 is 0 Å². The molecule has 0 saturated heterocycles. The van der Waals surface area contributed by atoms with Crippen LogP contribution in [0.1, 0.15) is 39.2 Å². The van der Waals surface area contributed by atoms with Crippen molar-refractivity contribution in [1.82, 2.24) is 5.01 Å². The molecule has 0 saturated carbocycles. The van der Waals surface area contributed by atoms with Crippen LogP contribution in [0.15, 0.2) is 71.1 Å². The molecule has 0 fully saturated rings. The molecular weight excluding hydrogens is 366 g/mol. The number of benzene rings is 1. The number of hydrogen-bond acceptors (Lipinski definition) is 5. The molecule has 154 valence electrons. The lowest BCUT2D eigenvalue weighted by molar-refractivity contribution is -0.116. The van der Waals surface area contributed by atoms with Gasteiger partial charge in [0.2, 0.25) is 0 Å². The zero-order valence-corrected chi connectivity index (χ0v) is 17.5. The highest BCUT2D eigenvalue weighted by atomic mass is 16.1. The summed E-state index contributed by atoms with van der Waals surface area (Å²) in [4.78, 5) is 35.4. The summed E-state index contributed by atoms with van der Waals surface area (Å²) < 4.78 is 0. The van der Waals surface area contributed by atoms with Gasteiger partial charge in [0.25, 0.3) is 0 Å². The van der Waals surface area contributed by atoms with E-state index in [1.807, 2.05) is 12.1 Å². The summed E-state index contributed by atoms with van der Waals surface area (Å²) in [5.41, 5.74) is 2.98. The first-order chi connectivity index (χ1) is 13.6. The lowest BCUT2D eigenvalue weighted by Crippen LogP contribution is -2.24. The van der Waals surface area contributed by atoms with Crippen LogP contribution in [0.4, 0.5) is 5.69 Å². The highest BCUT2D eigenvalue weighted by molar-refractivity contribution is 5.95. The summed E-state index contributed by atoms with van der Waals surface area (Å²) >= 11 is 0. The van der Waals surface area contributed by atoms with Crippen LogP contribution in [-0.2, 0) is 20.8 Å². The summed E-state index contributed by atoms with van der Waals surface area (Å²) in [5, 5.41) is 9.97. The SMILES string of the molecule is C=C(C)C(=O)CCN(CCC(=O)C(=C)C)N=Nc1ccc(CC(=O)C(=C)C)cc1. The van der Waals surface area contributed by atoms with Gasteiger partial charge in [-0.15, -0.1) is 5.11 Å². The van der Waals surface area contributed by atoms with Gasteiger partial charge in [-0.1, -0.05) is 37.1 Å². The summed E-state index contributed by atoms with van der Waals surface area (Å²) in [5.74, 6) is -0.110. The van der Waals surface area contributed by atoms with Gasteiger partial charge in [0.1, 0.15) is 0 Å². The molecule has 0 aromatic heterocycles. The molecule has 0 N–H and O–H groups in total. The van der Waals surface area contributed by atoms with Crippen LogP contribution in [0.25, 0.3) is 0 Å². The second-order valence-electron chi connectivity index (χ2n) is 7.10. The summed E-state index contributed by atoms with van der Waals surface area (Å²) in [6.45, 7) is 16.6. The normalized spacial score (nSPS) is 10.6. The molecule has 0 spiro atoms. The fraction of sp³-hybridized carbons (Fsp3) is 0.348. The zero-order chi connectivity index (χ0) is 22.0. The van der Waals surface area contributed by atoms with Crippen molar-refractivity contribution < 1.29 is 14.4 Å². The van der Waals surface area contributed by atoms with Gasteiger partial charge in [-0.25, -0.2) is 0 Å². The molecule has 29 heavy (non-hydrogen) atoms. The molecule has 0 aliphatic carbocycles. The van der Waals surface area contributed by atoms with Crippen molar-refractivity contribution in [1.29, 1.82) is 0 Å². The van der Waals surface area contributed by atoms with Crippen LogP contribution >= 0.6 is 0 Å². The van der Waals surface area contributed by atoms with E-state index < -0.39 is 0 Å². The largest absolute Gasteiger partial charge is 0.295 e. The Morgan fingerprint density at radius 2 is 1.24 bits per heavy atom. The van der Waals surface area contributed by atoms with Crippen molar-refractivity contribution in [2.45, 2.75) is 40.0 Å².